The van der Waals surface area contributed by atoms with Crippen LogP contribution in [0.4, 0.5) is 5.82 Å². The molecule has 2 rings (SSSR count). The second-order valence-electron chi connectivity index (χ2n) is 3.05. The zero-order valence-electron chi connectivity index (χ0n) is 8.39. The second-order valence-corrected chi connectivity index (χ2v) is 4.67. The summed E-state index contributed by atoms with van der Waals surface area (Å²) in [5, 5.41) is 2.62. The minimum absolute atomic E-state index is 0.276. The van der Waals surface area contributed by atoms with Gasteiger partial charge in [-0.15, -0.1) is 0 Å². The summed E-state index contributed by atoms with van der Waals surface area (Å²) >= 11 is 6.36. The molecule has 0 aromatic carbocycles. The standard InChI is InChI=1S/C10H6Br2N4O/c11-7-2-1-6(3-13-7)10(17)16-9-5-14-8(12)4-15-9/h1-5H,(H,15,16,17). The minimum atomic E-state index is -0.276. The van der Waals surface area contributed by atoms with Crippen molar-refractivity contribution in [3.05, 3.63) is 45.5 Å². The van der Waals surface area contributed by atoms with Crippen molar-refractivity contribution in [1.82, 2.24) is 15.0 Å². The smallest absolute Gasteiger partial charge is 0.258 e. The molecular weight excluding hydrogens is 352 g/mol. The van der Waals surface area contributed by atoms with Gasteiger partial charge in [-0.3, -0.25) is 4.79 Å². The number of hydrogen-bond donors (Lipinski definition) is 1. The summed E-state index contributed by atoms with van der Waals surface area (Å²) in [6.45, 7) is 0. The molecule has 1 N–H and O–H groups in total. The van der Waals surface area contributed by atoms with Crippen LogP contribution < -0.4 is 5.32 Å². The number of pyridine rings is 1. The summed E-state index contributed by atoms with van der Waals surface area (Å²) in [5.41, 5.74) is 0.456. The first-order chi connectivity index (χ1) is 8.15. The maximum atomic E-state index is 11.8. The van der Waals surface area contributed by atoms with Gasteiger partial charge in [0.1, 0.15) is 9.21 Å². The first kappa shape index (κ1) is 12.1. The highest BCUT2D eigenvalue weighted by Crippen LogP contribution is 2.10. The zero-order valence-corrected chi connectivity index (χ0v) is 11.6. The molecule has 0 fully saturated rings. The van der Waals surface area contributed by atoms with Crippen LogP contribution in [0.25, 0.3) is 0 Å². The van der Waals surface area contributed by atoms with E-state index in [0.717, 1.165) is 0 Å². The van der Waals surface area contributed by atoms with Crippen LogP contribution in [0.2, 0.25) is 0 Å². The van der Waals surface area contributed by atoms with Crippen LogP contribution in [-0.4, -0.2) is 20.9 Å². The lowest BCUT2D eigenvalue weighted by atomic mass is 10.3. The van der Waals surface area contributed by atoms with Gasteiger partial charge < -0.3 is 5.32 Å². The fourth-order valence-electron chi connectivity index (χ4n) is 1.08. The lowest BCUT2D eigenvalue weighted by molar-refractivity contribution is 0.102. The van der Waals surface area contributed by atoms with Gasteiger partial charge in [0, 0.05) is 6.20 Å². The largest absolute Gasteiger partial charge is 0.305 e. The van der Waals surface area contributed by atoms with E-state index in [2.05, 4.69) is 52.1 Å². The Kier molecular flexibility index (Phi) is 3.80. The summed E-state index contributed by atoms with van der Waals surface area (Å²) in [6, 6.07) is 3.36. The quantitative estimate of drug-likeness (QED) is 0.839. The fraction of sp³-hybridized carbons (Fsp3) is 0. The van der Waals surface area contributed by atoms with Crippen molar-refractivity contribution >= 4 is 43.6 Å². The van der Waals surface area contributed by atoms with Gasteiger partial charge in [0.05, 0.1) is 18.0 Å². The van der Waals surface area contributed by atoms with Gasteiger partial charge in [-0.2, -0.15) is 0 Å². The number of carbonyl (C=O) groups is 1. The van der Waals surface area contributed by atoms with E-state index in [1.54, 1.807) is 12.1 Å². The van der Waals surface area contributed by atoms with Crippen LogP contribution in [0.1, 0.15) is 10.4 Å². The first-order valence-electron chi connectivity index (χ1n) is 4.55. The lowest BCUT2D eigenvalue weighted by Crippen LogP contribution is -2.13. The number of amides is 1. The molecule has 0 radical (unpaired) electrons. The Morgan fingerprint density at radius 3 is 2.35 bits per heavy atom. The fourth-order valence-corrected chi connectivity index (χ4v) is 1.51. The molecule has 0 unspecified atom stereocenters. The molecule has 2 heterocycles. The molecule has 0 aliphatic carbocycles. The molecule has 0 saturated carbocycles. The Morgan fingerprint density at radius 2 is 1.76 bits per heavy atom. The van der Waals surface area contributed by atoms with Gasteiger partial charge >= 0.3 is 0 Å². The average molecular weight is 358 g/mol. The molecule has 1 amide bonds. The Labute approximate surface area is 114 Å². The third-order valence-electron chi connectivity index (χ3n) is 1.85. The maximum Gasteiger partial charge on any atom is 0.258 e. The summed E-state index contributed by atoms with van der Waals surface area (Å²) in [7, 11) is 0. The number of anilines is 1. The first-order valence-corrected chi connectivity index (χ1v) is 6.14. The van der Waals surface area contributed by atoms with Gasteiger partial charge in [-0.05, 0) is 44.0 Å². The Balaban J connectivity index is 2.11. The molecule has 7 heteroatoms. The summed E-state index contributed by atoms with van der Waals surface area (Å²) in [5.74, 6) is 0.114. The highest BCUT2D eigenvalue weighted by atomic mass is 79.9. The van der Waals surface area contributed by atoms with Crippen molar-refractivity contribution in [2.75, 3.05) is 5.32 Å². The molecule has 0 spiro atoms. The number of nitrogens with zero attached hydrogens (tertiary/aromatic N) is 3. The number of hydrogen-bond acceptors (Lipinski definition) is 4. The van der Waals surface area contributed by atoms with Crippen LogP contribution in [0.5, 0.6) is 0 Å². The van der Waals surface area contributed by atoms with Crippen LogP contribution in [-0.2, 0) is 0 Å². The van der Waals surface area contributed by atoms with Crippen LogP contribution in [0, 0.1) is 0 Å². The molecule has 0 aliphatic rings. The predicted molar refractivity (Wildman–Crippen MR) is 69.6 cm³/mol. The summed E-state index contributed by atoms with van der Waals surface area (Å²) in [4.78, 5) is 23.7. The average Bonchev–Trinajstić information content (AvgIpc) is 2.33. The van der Waals surface area contributed by atoms with Crippen molar-refractivity contribution < 1.29 is 4.79 Å². The van der Waals surface area contributed by atoms with Crippen molar-refractivity contribution in [3.63, 3.8) is 0 Å². The van der Waals surface area contributed by atoms with Crippen LogP contribution in [0.15, 0.2) is 39.9 Å². The molecule has 0 aliphatic heterocycles. The molecule has 2 aromatic rings. The number of carbonyl (C=O) groups excluding carboxylic acids is 1. The monoisotopic (exact) mass is 356 g/mol. The molecular formula is C10H6Br2N4O. The van der Waals surface area contributed by atoms with Crippen molar-refractivity contribution in [2.24, 2.45) is 0 Å². The van der Waals surface area contributed by atoms with Gasteiger partial charge in [-0.25, -0.2) is 15.0 Å². The van der Waals surface area contributed by atoms with Crippen molar-refractivity contribution in [2.45, 2.75) is 0 Å². The lowest BCUT2D eigenvalue weighted by Gasteiger charge is -2.03. The van der Waals surface area contributed by atoms with Crippen LogP contribution in [0.3, 0.4) is 0 Å². The highest BCUT2D eigenvalue weighted by Gasteiger charge is 2.07. The SMILES string of the molecule is O=C(Nc1cnc(Br)cn1)c1ccc(Br)nc1. The van der Waals surface area contributed by atoms with E-state index in [0.29, 0.717) is 20.6 Å². The molecule has 17 heavy (non-hydrogen) atoms. The van der Waals surface area contributed by atoms with E-state index >= 15 is 0 Å². The Morgan fingerprint density at radius 1 is 1.00 bits per heavy atom. The molecule has 0 bridgehead atoms. The van der Waals surface area contributed by atoms with Gasteiger partial charge in [-0.1, -0.05) is 0 Å². The van der Waals surface area contributed by atoms with E-state index < -0.39 is 0 Å². The third-order valence-corrected chi connectivity index (χ3v) is 2.73. The molecule has 0 atom stereocenters. The molecule has 5 nitrogen and oxygen atoms in total. The van der Waals surface area contributed by atoms with Gasteiger partial charge in [0.15, 0.2) is 5.82 Å². The summed E-state index contributed by atoms with van der Waals surface area (Å²) < 4.78 is 1.29. The number of rotatable bonds is 2. The van der Waals surface area contributed by atoms with E-state index in [4.69, 9.17) is 0 Å². The Bertz CT molecular complexity index is 527. The van der Waals surface area contributed by atoms with Crippen LogP contribution >= 0.6 is 31.9 Å². The van der Waals surface area contributed by atoms with E-state index in [1.165, 1.54) is 18.6 Å². The maximum absolute atomic E-state index is 11.8. The van der Waals surface area contributed by atoms with Crippen molar-refractivity contribution in [3.8, 4) is 0 Å². The predicted octanol–water partition coefficient (Wildman–Crippen LogP) is 2.65. The highest BCUT2D eigenvalue weighted by molar-refractivity contribution is 9.10. The topological polar surface area (TPSA) is 67.8 Å². The van der Waals surface area contributed by atoms with Gasteiger partial charge in [0.2, 0.25) is 0 Å². The van der Waals surface area contributed by atoms with E-state index in [-0.39, 0.29) is 5.91 Å². The zero-order chi connectivity index (χ0) is 12.3. The van der Waals surface area contributed by atoms with Crippen molar-refractivity contribution in [1.29, 1.82) is 0 Å². The van der Waals surface area contributed by atoms with E-state index in [9.17, 15) is 4.79 Å². The Hall–Kier alpha value is -1.34. The molecule has 2 aromatic heterocycles. The summed E-state index contributed by atoms with van der Waals surface area (Å²) in [6.07, 6.45) is 4.45. The number of nitrogens with one attached hydrogen (secondary N) is 1. The third kappa shape index (κ3) is 3.31. The number of halogens is 2. The minimum Gasteiger partial charge on any atom is -0.305 e. The second kappa shape index (κ2) is 5.33. The van der Waals surface area contributed by atoms with Gasteiger partial charge in [0.25, 0.3) is 5.91 Å². The molecule has 0 saturated heterocycles. The number of aromatic nitrogens is 3. The van der Waals surface area contributed by atoms with E-state index in [1.807, 2.05) is 0 Å². The normalized spacial score (nSPS) is 10.0. The molecule has 86 valence electrons.